The van der Waals surface area contributed by atoms with E-state index in [0.29, 0.717) is 13.0 Å². The minimum Gasteiger partial charge on any atom is -0.289 e. The van der Waals surface area contributed by atoms with E-state index in [0.717, 1.165) is 15.5 Å². The number of hydrogen-bond acceptors (Lipinski definition) is 4. The number of benzene rings is 1. The molecule has 0 aliphatic heterocycles. The first-order valence-corrected chi connectivity index (χ1v) is 6.89. The molecule has 1 rings (SSSR count). The van der Waals surface area contributed by atoms with Crippen LogP contribution in [0.2, 0.25) is 0 Å². The van der Waals surface area contributed by atoms with E-state index in [1.54, 1.807) is 12.4 Å². The van der Waals surface area contributed by atoms with Crippen LogP contribution < -0.4 is 0 Å². The standard InChI is InChI=1S/C16H19N2O4/c1-3-11-18(22-2)16(21)17(12-13-19)15(20)10-9-14-7-5-4-6-8-14/h4-10H,3,11-12H2,1-2H3. The van der Waals surface area contributed by atoms with Crippen LogP contribution in [0.25, 0.3) is 6.08 Å². The second kappa shape index (κ2) is 9.46. The lowest BCUT2D eigenvalue weighted by Crippen LogP contribution is -2.46. The third kappa shape index (κ3) is 5.14. The van der Waals surface area contributed by atoms with Gasteiger partial charge < -0.3 is 0 Å². The van der Waals surface area contributed by atoms with Crippen LogP contribution in [0.1, 0.15) is 18.9 Å². The third-order valence-electron chi connectivity index (χ3n) is 2.80. The van der Waals surface area contributed by atoms with Gasteiger partial charge in [-0.05, 0) is 18.1 Å². The van der Waals surface area contributed by atoms with Crippen LogP contribution in [-0.4, -0.2) is 48.4 Å². The molecule has 0 spiro atoms. The lowest BCUT2D eigenvalue weighted by atomic mass is 10.2. The second-order valence-corrected chi connectivity index (χ2v) is 4.38. The highest BCUT2D eigenvalue weighted by molar-refractivity contribution is 6.03. The van der Waals surface area contributed by atoms with Gasteiger partial charge in [0.1, 0.15) is 0 Å². The molecule has 1 aromatic rings. The molecule has 0 atom stereocenters. The molecule has 0 N–H and O–H groups in total. The summed E-state index contributed by atoms with van der Waals surface area (Å²) in [6.45, 7) is 1.74. The molecule has 1 aromatic carbocycles. The molecule has 0 aliphatic carbocycles. The Hall–Kier alpha value is -2.47. The van der Waals surface area contributed by atoms with Gasteiger partial charge >= 0.3 is 6.03 Å². The minimum atomic E-state index is -0.685. The maximum Gasteiger partial charge on any atom is 0.351 e. The first-order valence-electron chi connectivity index (χ1n) is 6.89. The van der Waals surface area contributed by atoms with Gasteiger partial charge in [-0.1, -0.05) is 37.3 Å². The van der Waals surface area contributed by atoms with E-state index in [2.05, 4.69) is 0 Å². The van der Waals surface area contributed by atoms with Crippen LogP contribution in [0.5, 0.6) is 0 Å². The second-order valence-electron chi connectivity index (χ2n) is 4.38. The van der Waals surface area contributed by atoms with Crippen molar-refractivity contribution in [3.8, 4) is 0 Å². The maximum absolute atomic E-state index is 12.2. The zero-order chi connectivity index (χ0) is 16.4. The van der Waals surface area contributed by atoms with Crippen LogP contribution >= 0.6 is 0 Å². The fraction of sp³-hybridized carbons (Fsp3) is 0.312. The highest BCUT2D eigenvalue weighted by atomic mass is 16.7. The van der Waals surface area contributed by atoms with Gasteiger partial charge in [0, 0.05) is 6.08 Å². The molecule has 0 fully saturated rings. The molecule has 1 radical (unpaired) electrons. The number of hydrogen-bond donors (Lipinski definition) is 0. The van der Waals surface area contributed by atoms with Crippen molar-refractivity contribution in [2.45, 2.75) is 13.3 Å². The summed E-state index contributed by atoms with van der Waals surface area (Å²) < 4.78 is 0. The lowest BCUT2D eigenvalue weighted by Gasteiger charge is -2.25. The van der Waals surface area contributed by atoms with Crippen molar-refractivity contribution >= 4 is 24.3 Å². The van der Waals surface area contributed by atoms with Crippen molar-refractivity contribution in [1.82, 2.24) is 9.96 Å². The Bertz CT molecular complexity index is 528. The van der Waals surface area contributed by atoms with E-state index in [-0.39, 0.29) is 0 Å². The normalized spacial score (nSPS) is 10.5. The zero-order valence-corrected chi connectivity index (χ0v) is 12.7. The Labute approximate surface area is 129 Å². The Morgan fingerprint density at radius 3 is 2.50 bits per heavy atom. The van der Waals surface area contributed by atoms with Gasteiger partial charge in [0.15, 0.2) is 0 Å². The monoisotopic (exact) mass is 303 g/mol. The van der Waals surface area contributed by atoms with E-state index in [9.17, 15) is 14.4 Å². The summed E-state index contributed by atoms with van der Waals surface area (Å²) in [5, 5.41) is 1.03. The molecule has 3 amide bonds. The number of amides is 3. The molecule has 0 unspecified atom stereocenters. The summed E-state index contributed by atoms with van der Waals surface area (Å²) in [4.78, 5) is 40.7. The summed E-state index contributed by atoms with van der Waals surface area (Å²) >= 11 is 0. The van der Waals surface area contributed by atoms with Crippen LogP contribution in [0, 0.1) is 0 Å². The van der Waals surface area contributed by atoms with Gasteiger partial charge in [0.25, 0.3) is 5.91 Å². The highest BCUT2D eigenvalue weighted by Crippen LogP contribution is 2.05. The molecule has 0 saturated heterocycles. The summed E-state index contributed by atoms with van der Waals surface area (Å²) in [6, 6.07) is 8.48. The molecule has 0 aromatic heterocycles. The van der Waals surface area contributed by atoms with Crippen molar-refractivity contribution in [3.63, 3.8) is 0 Å². The predicted octanol–water partition coefficient (Wildman–Crippen LogP) is 2.03. The van der Waals surface area contributed by atoms with E-state index < -0.39 is 18.5 Å². The summed E-state index contributed by atoms with van der Waals surface area (Å²) in [6.07, 6.45) is 5.04. The average molecular weight is 303 g/mol. The molecule has 22 heavy (non-hydrogen) atoms. The number of rotatable bonds is 7. The van der Waals surface area contributed by atoms with Gasteiger partial charge in [0.05, 0.1) is 20.2 Å². The van der Waals surface area contributed by atoms with Gasteiger partial charge in [-0.15, -0.1) is 0 Å². The predicted molar refractivity (Wildman–Crippen MR) is 82.3 cm³/mol. The topological polar surface area (TPSA) is 66.9 Å². The molecule has 6 nitrogen and oxygen atoms in total. The first-order chi connectivity index (χ1) is 10.6. The van der Waals surface area contributed by atoms with Gasteiger partial charge in [0.2, 0.25) is 6.29 Å². The smallest absolute Gasteiger partial charge is 0.289 e. The SMILES string of the molecule is CCCN(OC)C(=O)N(C[C]=O)C(=O)C=Cc1ccccc1. The van der Waals surface area contributed by atoms with Crippen LogP contribution in [0.15, 0.2) is 36.4 Å². The van der Waals surface area contributed by atoms with Gasteiger partial charge in [-0.25, -0.2) is 9.86 Å². The van der Waals surface area contributed by atoms with Crippen LogP contribution in [0.3, 0.4) is 0 Å². The van der Waals surface area contributed by atoms with E-state index in [1.165, 1.54) is 13.2 Å². The summed E-state index contributed by atoms with van der Waals surface area (Å²) in [7, 11) is 1.33. The van der Waals surface area contributed by atoms with Gasteiger partial charge in [-0.3, -0.25) is 19.3 Å². The van der Waals surface area contributed by atoms with E-state index in [4.69, 9.17) is 4.84 Å². The Morgan fingerprint density at radius 1 is 1.27 bits per heavy atom. The Morgan fingerprint density at radius 2 is 1.95 bits per heavy atom. The first kappa shape index (κ1) is 17.6. The number of urea groups is 1. The number of imide groups is 1. The Kier molecular flexibility index (Phi) is 7.56. The van der Waals surface area contributed by atoms with Crippen LogP contribution in [-0.2, 0) is 14.4 Å². The zero-order valence-electron chi connectivity index (χ0n) is 12.7. The summed E-state index contributed by atoms with van der Waals surface area (Å²) in [5.74, 6) is -0.602. The number of hydroxylamine groups is 2. The molecule has 0 bridgehead atoms. The van der Waals surface area contributed by atoms with Crippen molar-refractivity contribution in [2.24, 2.45) is 0 Å². The lowest BCUT2D eigenvalue weighted by molar-refractivity contribution is -0.129. The average Bonchev–Trinajstić information content (AvgIpc) is 2.55. The molecule has 0 heterocycles. The van der Waals surface area contributed by atoms with Crippen molar-refractivity contribution in [1.29, 1.82) is 0 Å². The molecule has 0 aliphatic rings. The van der Waals surface area contributed by atoms with E-state index in [1.807, 2.05) is 37.3 Å². The fourth-order valence-corrected chi connectivity index (χ4v) is 1.73. The number of nitrogens with zero attached hydrogens (tertiary/aromatic N) is 2. The molecule has 117 valence electrons. The highest BCUT2D eigenvalue weighted by Gasteiger charge is 2.24. The molecular weight excluding hydrogens is 284 g/mol. The number of carbonyl (C=O) groups excluding carboxylic acids is 3. The molecular formula is C16H19N2O4. The molecule has 0 saturated carbocycles. The van der Waals surface area contributed by atoms with Crippen molar-refractivity contribution in [3.05, 3.63) is 42.0 Å². The molecule has 6 heteroatoms. The van der Waals surface area contributed by atoms with Crippen molar-refractivity contribution < 1.29 is 19.2 Å². The quantitative estimate of drug-likeness (QED) is 0.571. The number of carbonyl (C=O) groups is 2. The third-order valence-corrected chi connectivity index (χ3v) is 2.80. The van der Waals surface area contributed by atoms with Crippen molar-refractivity contribution in [2.75, 3.05) is 20.2 Å². The minimum absolute atomic E-state index is 0.320. The largest absolute Gasteiger partial charge is 0.351 e. The van der Waals surface area contributed by atoms with Gasteiger partial charge in [-0.2, -0.15) is 0 Å². The van der Waals surface area contributed by atoms with E-state index >= 15 is 0 Å². The Balaban J connectivity index is 2.85. The maximum atomic E-state index is 12.2. The summed E-state index contributed by atoms with van der Waals surface area (Å²) in [5.41, 5.74) is 0.815. The fourth-order valence-electron chi connectivity index (χ4n) is 1.73. The van der Waals surface area contributed by atoms with Crippen LogP contribution in [0.4, 0.5) is 4.79 Å².